The molecule has 0 saturated carbocycles. The fourth-order valence-corrected chi connectivity index (χ4v) is 4.58. The Morgan fingerprint density at radius 2 is 1.59 bits per heavy atom. The van der Waals surface area contributed by atoms with E-state index in [0.29, 0.717) is 15.6 Å². The largest absolute Gasteiger partial charge is 0.504 e. The molecule has 0 bridgehead atoms. The molecule has 1 saturated heterocycles. The molecule has 6 heteroatoms. The molecule has 0 spiro atoms. The number of aliphatic imine (C=N–C) groups is 1. The minimum atomic E-state index is -0.228. The summed E-state index contributed by atoms with van der Waals surface area (Å²) in [7, 11) is 0. The van der Waals surface area contributed by atoms with E-state index in [2.05, 4.69) is 13.8 Å². The number of rotatable bonds is 5. The number of phenols is 2. The minimum absolute atomic E-state index is 0.170. The summed E-state index contributed by atoms with van der Waals surface area (Å²) in [4.78, 5) is 20.6. The molecule has 0 atom stereocenters. The fraction of sp³-hybridized carbons (Fsp3) is 0.154. The molecule has 3 aromatic carbocycles. The molecule has 1 aliphatic heterocycles. The fourth-order valence-electron chi connectivity index (χ4n) is 3.59. The Kier molecular flexibility index (Phi) is 6.32. The van der Waals surface area contributed by atoms with Crippen LogP contribution in [0.4, 0.5) is 11.4 Å². The van der Waals surface area contributed by atoms with Gasteiger partial charge in [-0.05, 0) is 71.6 Å². The number of hydrogen-bond donors (Lipinski definition) is 2. The van der Waals surface area contributed by atoms with Crippen LogP contribution in [0.3, 0.4) is 0 Å². The number of nitrogens with zero attached hydrogens (tertiary/aromatic N) is 2. The third-order valence-corrected chi connectivity index (χ3v) is 6.27. The highest BCUT2D eigenvalue weighted by Crippen LogP contribution is 2.39. The Balaban J connectivity index is 1.84. The van der Waals surface area contributed by atoms with Crippen molar-refractivity contribution >= 4 is 40.3 Å². The lowest BCUT2D eigenvalue weighted by molar-refractivity contribution is -0.113. The molecule has 5 nitrogen and oxygen atoms in total. The maximum atomic E-state index is 13.5. The number of amidine groups is 1. The van der Waals surface area contributed by atoms with E-state index in [9.17, 15) is 15.0 Å². The lowest BCUT2D eigenvalue weighted by Crippen LogP contribution is -2.29. The Morgan fingerprint density at radius 1 is 0.906 bits per heavy atom. The molecule has 1 amide bonds. The molecular weight excluding hydrogens is 420 g/mol. The highest BCUT2D eigenvalue weighted by Gasteiger charge is 2.35. The molecule has 0 aliphatic carbocycles. The van der Waals surface area contributed by atoms with Gasteiger partial charge in [0.05, 0.1) is 16.3 Å². The maximum Gasteiger partial charge on any atom is 0.271 e. The summed E-state index contributed by atoms with van der Waals surface area (Å²) in [5.41, 5.74) is 4.44. The molecule has 0 unspecified atom stereocenters. The van der Waals surface area contributed by atoms with Gasteiger partial charge in [0.1, 0.15) is 0 Å². The number of carbonyl (C=O) groups is 1. The van der Waals surface area contributed by atoms with Gasteiger partial charge in [0.25, 0.3) is 5.91 Å². The van der Waals surface area contributed by atoms with Crippen LogP contribution in [0.1, 0.15) is 30.5 Å². The molecule has 1 aliphatic rings. The predicted molar refractivity (Wildman–Crippen MR) is 132 cm³/mol. The van der Waals surface area contributed by atoms with Gasteiger partial charge < -0.3 is 10.2 Å². The number of carbonyl (C=O) groups excluding carboxylic acids is 1. The van der Waals surface area contributed by atoms with Crippen LogP contribution >= 0.6 is 11.8 Å². The van der Waals surface area contributed by atoms with Gasteiger partial charge in [-0.2, -0.15) is 0 Å². The Hall–Kier alpha value is -3.51. The van der Waals surface area contributed by atoms with Gasteiger partial charge in [-0.1, -0.05) is 56.3 Å². The van der Waals surface area contributed by atoms with E-state index in [-0.39, 0.29) is 17.4 Å². The van der Waals surface area contributed by atoms with Crippen molar-refractivity contribution in [2.24, 2.45) is 4.99 Å². The number of anilines is 1. The third-order valence-electron chi connectivity index (χ3n) is 5.31. The van der Waals surface area contributed by atoms with Crippen LogP contribution in [0.2, 0.25) is 0 Å². The number of hydrogen-bond acceptors (Lipinski definition) is 5. The highest BCUT2D eigenvalue weighted by molar-refractivity contribution is 8.19. The summed E-state index contributed by atoms with van der Waals surface area (Å²) in [6.45, 7) is 4.14. The molecule has 4 rings (SSSR count). The highest BCUT2D eigenvalue weighted by atomic mass is 32.2. The topological polar surface area (TPSA) is 73.1 Å². The first-order valence-electron chi connectivity index (χ1n) is 10.5. The van der Waals surface area contributed by atoms with Crippen molar-refractivity contribution in [1.29, 1.82) is 0 Å². The monoisotopic (exact) mass is 444 g/mol. The Labute approximate surface area is 191 Å². The number of para-hydroxylation sites is 2. The van der Waals surface area contributed by atoms with E-state index in [0.717, 1.165) is 35.3 Å². The third kappa shape index (κ3) is 4.27. The summed E-state index contributed by atoms with van der Waals surface area (Å²) in [6, 6.07) is 20.3. The molecule has 0 aromatic heterocycles. The zero-order chi connectivity index (χ0) is 22.7. The van der Waals surface area contributed by atoms with Crippen LogP contribution < -0.4 is 4.90 Å². The van der Waals surface area contributed by atoms with E-state index in [1.165, 1.54) is 23.9 Å². The zero-order valence-electron chi connectivity index (χ0n) is 17.9. The van der Waals surface area contributed by atoms with Crippen LogP contribution in [0.15, 0.2) is 76.6 Å². The molecule has 3 aromatic rings. The predicted octanol–water partition coefficient (Wildman–Crippen LogP) is 6.03. The number of aromatic hydroxyl groups is 2. The van der Waals surface area contributed by atoms with Crippen molar-refractivity contribution < 1.29 is 15.0 Å². The van der Waals surface area contributed by atoms with Crippen LogP contribution in [0.5, 0.6) is 11.5 Å². The van der Waals surface area contributed by atoms with E-state index >= 15 is 0 Å². The van der Waals surface area contributed by atoms with E-state index in [1.54, 1.807) is 17.0 Å². The van der Waals surface area contributed by atoms with Gasteiger partial charge in [0.15, 0.2) is 16.7 Å². The van der Waals surface area contributed by atoms with Gasteiger partial charge in [-0.3, -0.25) is 9.69 Å². The quantitative estimate of drug-likeness (QED) is 0.372. The summed E-state index contributed by atoms with van der Waals surface area (Å²) in [5.74, 6) is -0.598. The lowest BCUT2D eigenvalue weighted by Gasteiger charge is -2.19. The number of phenolic OH excluding ortho intramolecular Hbond substituents is 2. The van der Waals surface area contributed by atoms with Gasteiger partial charge in [0.2, 0.25) is 0 Å². The van der Waals surface area contributed by atoms with Gasteiger partial charge in [0, 0.05) is 0 Å². The van der Waals surface area contributed by atoms with E-state index < -0.39 is 0 Å². The lowest BCUT2D eigenvalue weighted by atomic mass is 10.1. The summed E-state index contributed by atoms with van der Waals surface area (Å²) in [6.07, 6.45) is 3.34. The second kappa shape index (κ2) is 9.32. The minimum Gasteiger partial charge on any atom is -0.504 e. The molecule has 2 N–H and O–H groups in total. The van der Waals surface area contributed by atoms with Crippen molar-refractivity contribution in [3.05, 3.63) is 88.3 Å². The average molecular weight is 445 g/mol. The average Bonchev–Trinajstić information content (AvgIpc) is 3.10. The van der Waals surface area contributed by atoms with Gasteiger partial charge >= 0.3 is 0 Å². The van der Waals surface area contributed by atoms with Crippen LogP contribution in [0.25, 0.3) is 6.08 Å². The van der Waals surface area contributed by atoms with Crippen molar-refractivity contribution in [3.8, 4) is 11.5 Å². The molecule has 1 fully saturated rings. The van der Waals surface area contributed by atoms with Crippen molar-refractivity contribution in [2.45, 2.75) is 26.7 Å². The van der Waals surface area contributed by atoms with Gasteiger partial charge in [-0.25, -0.2) is 4.99 Å². The molecule has 162 valence electrons. The van der Waals surface area contributed by atoms with Gasteiger partial charge in [-0.15, -0.1) is 0 Å². The van der Waals surface area contributed by atoms with E-state index in [4.69, 9.17) is 4.99 Å². The summed E-state index contributed by atoms with van der Waals surface area (Å²) >= 11 is 1.30. The van der Waals surface area contributed by atoms with Crippen LogP contribution in [-0.2, 0) is 17.6 Å². The van der Waals surface area contributed by atoms with E-state index in [1.807, 2.05) is 48.5 Å². The zero-order valence-corrected chi connectivity index (χ0v) is 18.8. The Morgan fingerprint density at radius 3 is 2.31 bits per heavy atom. The molecule has 1 heterocycles. The Bertz CT molecular complexity index is 1230. The second-order valence-corrected chi connectivity index (χ2v) is 8.37. The first-order chi connectivity index (χ1) is 15.5. The maximum absolute atomic E-state index is 13.5. The number of thioether (sulfide) groups is 1. The first-order valence-corrected chi connectivity index (χ1v) is 11.3. The SMILES string of the molecule is CCc1ccccc1N=C1S/C(=C\c2ccc(O)c(O)c2)C(=O)N1c1ccccc1CC. The number of benzene rings is 3. The van der Waals surface area contributed by atoms with Crippen LogP contribution in [0, 0.1) is 0 Å². The molecule has 0 radical (unpaired) electrons. The van der Waals surface area contributed by atoms with Crippen molar-refractivity contribution in [1.82, 2.24) is 0 Å². The normalized spacial score (nSPS) is 16.3. The second-order valence-electron chi connectivity index (χ2n) is 7.36. The van der Waals surface area contributed by atoms with Crippen LogP contribution in [-0.4, -0.2) is 21.3 Å². The smallest absolute Gasteiger partial charge is 0.271 e. The molecular formula is C26H24N2O3S. The number of aryl methyl sites for hydroxylation is 2. The standard InChI is InChI=1S/C26H24N2O3S/c1-3-18-9-5-7-11-20(18)27-26-28(21-12-8-6-10-19(21)4-2)25(31)24(32-26)16-17-13-14-22(29)23(30)15-17/h5-16,29-30H,3-4H2,1-2H3/b24-16-,27-26?. The molecule has 32 heavy (non-hydrogen) atoms. The number of amides is 1. The summed E-state index contributed by atoms with van der Waals surface area (Å²) in [5, 5.41) is 20.0. The van der Waals surface area contributed by atoms with Crippen molar-refractivity contribution in [2.75, 3.05) is 4.90 Å². The summed E-state index contributed by atoms with van der Waals surface area (Å²) < 4.78 is 0. The van der Waals surface area contributed by atoms with Crippen molar-refractivity contribution in [3.63, 3.8) is 0 Å². The first kappa shape index (κ1) is 21.7.